The van der Waals surface area contributed by atoms with Crippen LogP contribution in [0, 0.1) is 6.92 Å². The number of hydrogen-bond donors (Lipinski definition) is 0. The third-order valence-corrected chi connectivity index (χ3v) is 6.59. The first kappa shape index (κ1) is 18.5. The summed E-state index contributed by atoms with van der Waals surface area (Å²) in [6.45, 7) is 3.64. The van der Waals surface area contributed by atoms with E-state index in [-0.39, 0.29) is 12.0 Å². The van der Waals surface area contributed by atoms with Crippen LogP contribution in [0.1, 0.15) is 52.7 Å². The number of imidazole rings is 1. The highest BCUT2D eigenvalue weighted by Gasteiger charge is 2.32. The minimum absolute atomic E-state index is 0.110. The Morgan fingerprint density at radius 2 is 2.00 bits per heavy atom. The summed E-state index contributed by atoms with van der Waals surface area (Å²) in [5.41, 5.74) is 4.49. The van der Waals surface area contributed by atoms with Crippen LogP contribution in [0.2, 0.25) is 5.02 Å². The maximum Gasteiger partial charge on any atom is 0.254 e. The second-order valence-electron chi connectivity index (χ2n) is 7.98. The van der Waals surface area contributed by atoms with E-state index in [1.54, 1.807) is 0 Å². The van der Waals surface area contributed by atoms with E-state index in [0.717, 1.165) is 78.1 Å². The maximum atomic E-state index is 13.3. The molecule has 0 unspecified atom stereocenters. The van der Waals surface area contributed by atoms with Crippen LogP contribution in [-0.2, 0) is 13.5 Å². The Labute approximate surface area is 175 Å². The second-order valence-corrected chi connectivity index (χ2v) is 8.39. The number of halogens is 1. The van der Waals surface area contributed by atoms with Crippen LogP contribution in [0.5, 0.6) is 5.75 Å². The molecule has 0 spiro atoms. The zero-order chi connectivity index (χ0) is 20.1. The summed E-state index contributed by atoms with van der Waals surface area (Å²) in [6, 6.07) is 9.82. The zero-order valence-electron chi connectivity index (χ0n) is 16.7. The molecule has 1 fully saturated rings. The van der Waals surface area contributed by atoms with Crippen molar-refractivity contribution in [2.45, 2.75) is 38.7 Å². The topological polar surface area (TPSA) is 47.4 Å². The summed E-state index contributed by atoms with van der Waals surface area (Å²) in [6.07, 6.45) is 3.57. The molecule has 29 heavy (non-hydrogen) atoms. The standard InChI is InChI=1S/C23H24ClN3O2/c1-14-25-21-19(26(14)2)13-17(23(28)27-11-5-6-12-27)15-9-10-20(29-22(15)21)16-7-3-4-8-18(16)24/h3-4,7-8,13,20H,5-6,9-12H2,1-2H3/t20-/m0/s1. The molecule has 5 rings (SSSR count). The van der Waals surface area contributed by atoms with Gasteiger partial charge in [-0.1, -0.05) is 29.8 Å². The van der Waals surface area contributed by atoms with E-state index in [1.165, 1.54) is 0 Å². The molecule has 2 aliphatic rings. The molecule has 3 heterocycles. The Balaban J connectivity index is 1.65. The zero-order valence-corrected chi connectivity index (χ0v) is 17.5. The predicted molar refractivity (Wildman–Crippen MR) is 114 cm³/mol. The average Bonchev–Trinajstić information content (AvgIpc) is 3.36. The molecule has 0 saturated carbocycles. The minimum atomic E-state index is -0.140. The van der Waals surface area contributed by atoms with Gasteiger partial charge >= 0.3 is 0 Å². The van der Waals surface area contributed by atoms with Gasteiger partial charge in [0.1, 0.15) is 17.4 Å². The predicted octanol–water partition coefficient (Wildman–Crippen LogP) is 4.84. The number of aryl methyl sites for hydroxylation is 2. The summed E-state index contributed by atoms with van der Waals surface area (Å²) in [4.78, 5) is 20.0. The van der Waals surface area contributed by atoms with Crippen molar-refractivity contribution in [2.75, 3.05) is 13.1 Å². The fourth-order valence-electron chi connectivity index (χ4n) is 4.54. The fourth-order valence-corrected chi connectivity index (χ4v) is 4.79. The number of fused-ring (bicyclic) bond motifs is 3. The van der Waals surface area contributed by atoms with Gasteiger partial charge in [0, 0.05) is 41.9 Å². The van der Waals surface area contributed by atoms with E-state index < -0.39 is 0 Å². The molecule has 1 saturated heterocycles. The van der Waals surface area contributed by atoms with Crippen LogP contribution in [0.15, 0.2) is 30.3 Å². The van der Waals surface area contributed by atoms with Gasteiger partial charge in [-0.15, -0.1) is 0 Å². The Kier molecular flexibility index (Phi) is 4.50. The number of carbonyl (C=O) groups is 1. The number of amides is 1. The molecule has 5 nitrogen and oxygen atoms in total. The molecule has 3 aromatic rings. The molecule has 6 heteroatoms. The largest absolute Gasteiger partial charge is 0.483 e. The number of hydrogen-bond acceptors (Lipinski definition) is 3. The number of carbonyl (C=O) groups excluding carboxylic acids is 1. The third-order valence-electron chi connectivity index (χ3n) is 6.25. The van der Waals surface area contributed by atoms with Crippen molar-refractivity contribution < 1.29 is 9.53 Å². The van der Waals surface area contributed by atoms with Crippen molar-refractivity contribution in [1.82, 2.24) is 14.5 Å². The molecule has 0 N–H and O–H groups in total. The number of ether oxygens (including phenoxy) is 1. The van der Waals surface area contributed by atoms with Crippen molar-refractivity contribution in [3.63, 3.8) is 0 Å². The lowest BCUT2D eigenvalue weighted by Crippen LogP contribution is -2.29. The van der Waals surface area contributed by atoms with Crippen molar-refractivity contribution in [2.24, 2.45) is 7.05 Å². The first-order valence-electron chi connectivity index (χ1n) is 10.2. The Morgan fingerprint density at radius 3 is 2.76 bits per heavy atom. The van der Waals surface area contributed by atoms with Gasteiger partial charge in [-0.2, -0.15) is 0 Å². The average molecular weight is 410 g/mol. The molecule has 1 amide bonds. The number of rotatable bonds is 2. The van der Waals surface area contributed by atoms with Gasteiger partial charge in [0.25, 0.3) is 5.91 Å². The summed E-state index contributed by atoms with van der Waals surface area (Å²) >= 11 is 6.44. The Hall–Kier alpha value is -2.53. The van der Waals surface area contributed by atoms with E-state index in [1.807, 2.05) is 53.8 Å². The van der Waals surface area contributed by atoms with E-state index in [9.17, 15) is 4.79 Å². The second kappa shape index (κ2) is 7.06. The molecule has 1 atom stereocenters. The number of benzene rings is 2. The van der Waals surface area contributed by atoms with Crippen LogP contribution >= 0.6 is 11.6 Å². The van der Waals surface area contributed by atoms with E-state index in [4.69, 9.17) is 21.3 Å². The van der Waals surface area contributed by atoms with Crippen molar-refractivity contribution in [3.8, 4) is 5.75 Å². The monoisotopic (exact) mass is 409 g/mol. The van der Waals surface area contributed by atoms with Gasteiger partial charge < -0.3 is 14.2 Å². The molecule has 0 aliphatic carbocycles. The molecular weight excluding hydrogens is 386 g/mol. The number of likely N-dealkylation sites (tertiary alicyclic amines) is 1. The fraction of sp³-hybridized carbons (Fsp3) is 0.391. The highest BCUT2D eigenvalue weighted by molar-refractivity contribution is 6.31. The van der Waals surface area contributed by atoms with Crippen LogP contribution < -0.4 is 4.74 Å². The normalized spacial score (nSPS) is 18.7. The highest BCUT2D eigenvalue weighted by Crippen LogP contribution is 2.43. The lowest BCUT2D eigenvalue weighted by atomic mass is 9.92. The van der Waals surface area contributed by atoms with Crippen LogP contribution in [0.4, 0.5) is 0 Å². The van der Waals surface area contributed by atoms with Crippen LogP contribution in [-0.4, -0.2) is 33.4 Å². The summed E-state index contributed by atoms with van der Waals surface area (Å²) in [7, 11) is 1.98. The summed E-state index contributed by atoms with van der Waals surface area (Å²) in [5.74, 6) is 1.75. The molecule has 2 aromatic carbocycles. The minimum Gasteiger partial charge on any atom is -0.483 e. The summed E-state index contributed by atoms with van der Waals surface area (Å²) in [5, 5.41) is 0.707. The molecular formula is C23H24ClN3O2. The molecule has 0 radical (unpaired) electrons. The molecule has 1 aromatic heterocycles. The first-order valence-corrected chi connectivity index (χ1v) is 10.6. The molecule has 2 aliphatic heterocycles. The third kappa shape index (κ3) is 2.99. The smallest absolute Gasteiger partial charge is 0.254 e. The highest BCUT2D eigenvalue weighted by atomic mass is 35.5. The van der Waals surface area contributed by atoms with E-state index in [2.05, 4.69) is 0 Å². The lowest BCUT2D eigenvalue weighted by Gasteiger charge is -2.29. The van der Waals surface area contributed by atoms with Gasteiger partial charge in [0.2, 0.25) is 0 Å². The number of nitrogens with zero attached hydrogens (tertiary/aromatic N) is 3. The Bertz CT molecular complexity index is 1110. The quantitative estimate of drug-likeness (QED) is 0.608. The molecule has 0 bridgehead atoms. The van der Waals surface area contributed by atoms with Crippen molar-refractivity contribution >= 4 is 28.5 Å². The van der Waals surface area contributed by atoms with Crippen LogP contribution in [0.3, 0.4) is 0 Å². The maximum absolute atomic E-state index is 13.3. The number of aromatic nitrogens is 2. The SMILES string of the molecule is Cc1nc2c3c(c(C(=O)N4CCCC4)cc2n1C)CC[C@@H](c1ccccc1Cl)O3. The van der Waals surface area contributed by atoms with Crippen molar-refractivity contribution in [3.05, 3.63) is 57.9 Å². The first-order chi connectivity index (χ1) is 14.0. The van der Waals surface area contributed by atoms with E-state index in [0.29, 0.717) is 5.02 Å². The van der Waals surface area contributed by atoms with Gasteiger partial charge in [0.15, 0.2) is 5.75 Å². The Morgan fingerprint density at radius 1 is 1.24 bits per heavy atom. The summed E-state index contributed by atoms with van der Waals surface area (Å²) < 4.78 is 8.53. The lowest BCUT2D eigenvalue weighted by molar-refractivity contribution is 0.0789. The molecule has 150 valence electrons. The van der Waals surface area contributed by atoms with Crippen molar-refractivity contribution in [1.29, 1.82) is 0 Å². The van der Waals surface area contributed by atoms with Gasteiger partial charge in [-0.25, -0.2) is 4.98 Å². The van der Waals surface area contributed by atoms with Gasteiger partial charge in [0.05, 0.1) is 5.52 Å². The van der Waals surface area contributed by atoms with Crippen LogP contribution in [0.25, 0.3) is 11.0 Å². The van der Waals surface area contributed by atoms with Gasteiger partial charge in [-0.3, -0.25) is 4.79 Å². The van der Waals surface area contributed by atoms with Gasteiger partial charge in [-0.05, 0) is 44.7 Å². The van der Waals surface area contributed by atoms with E-state index >= 15 is 0 Å².